The molecule has 0 atom stereocenters. The normalized spacial score (nSPS) is 16.2. The van der Waals surface area contributed by atoms with Gasteiger partial charge in [-0.05, 0) is 24.4 Å². The van der Waals surface area contributed by atoms with Gasteiger partial charge in [0.25, 0.3) is 0 Å². The van der Waals surface area contributed by atoms with E-state index in [-0.39, 0.29) is 18.1 Å². The van der Waals surface area contributed by atoms with E-state index in [9.17, 15) is 4.79 Å². The highest BCUT2D eigenvalue weighted by molar-refractivity contribution is 7.13. The maximum atomic E-state index is 12.1. The number of para-hydroxylation sites is 1. The zero-order chi connectivity index (χ0) is 14.7. The van der Waals surface area contributed by atoms with Crippen molar-refractivity contribution < 1.29 is 9.53 Å². The summed E-state index contributed by atoms with van der Waals surface area (Å²) in [6.07, 6.45) is 0. The van der Waals surface area contributed by atoms with E-state index in [1.165, 1.54) is 0 Å². The number of benzene rings is 1. The van der Waals surface area contributed by atoms with Crippen LogP contribution in [0.25, 0.3) is 10.4 Å². The number of amides is 1. The van der Waals surface area contributed by atoms with Gasteiger partial charge in [0, 0.05) is 29.2 Å². The van der Waals surface area contributed by atoms with Gasteiger partial charge in [0.05, 0.1) is 5.60 Å². The molecule has 0 unspecified atom stereocenters. The van der Waals surface area contributed by atoms with Gasteiger partial charge in [-0.2, -0.15) is 0 Å². The predicted molar refractivity (Wildman–Crippen MR) is 85.6 cm³/mol. The number of carbonyl (C=O) groups excluding carboxylic acids is 1. The minimum absolute atomic E-state index is 0.0803. The molecule has 0 aliphatic carbocycles. The molecule has 110 valence electrons. The van der Waals surface area contributed by atoms with E-state index < -0.39 is 0 Å². The van der Waals surface area contributed by atoms with Crippen molar-refractivity contribution in [1.29, 1.82) is 0 Å². The van der Waals surface area contributed by atoms with Crippen LogP contribution in [0.2, 0.25) is 0 Å². The maximum Gasteiger partial charge on any atom is 0.250 e. The zero-order valence-corrected chi connectivity index (χ0v) is 12.7. The molecule has 1 aromatic carbocycles. The lowest BCUT2D eigenvalue weighted by Crippen LogP contribution is -2.59. The number of carbonyl (C=O) groups is 1. The van der Waals surface area contributed by atoms with Gasteiger partial charge in [-0.25, -0.2) is 0 Å². The number of hydrogen-bond acceptors (Lipinski definition) is 4. The SMILES string of the molecule is CC1(OCC(=O)Nc2ccccc2-c2cccs2)CNC1. The molecule has 1 saturated heterocycles. The minimum atomic E-state index is -0.204. The molecule has 3 rings (SSSR count). The molecule has 5 heteroatoms. The topological polar surface area (TPSA) is 50.4 Å². The van der Waals surface area contributed by atoms with E-state index in [1.807, 2.05) is 48.7 Å². The fraction of sp³-hybridized carbons (Fsp3) is 0.312. The molecule has 4 nitrogen and oxygen atoms in total. The molecule has 1 fully saturated rings. The third-order valence-electron chi connectivity index (χ3n) is 3.54. The second-order valence-electron chi connectivity index (χ2n) is 5.41. The van der Waals surface area contributed by atoms with E-state index >= 15 is 0 Å². The third-order valence-corrected chi connectivity index (χ3v) is 4.44. The first-order valence-electron chi connectivity index (χ1n) is 6.94. The van der Waals surface area contributed by atoms with Crippen LogP contribution in [-0.2, 0) is 9.53 Å². The highest BCUT2D eigenvalue weighted by Crippen LogP contribution is 2.31. The van der Waals surface area contributed by atoms with Gasteiger partial charge in [0.1, 0.15) is 6.61 Å². The van der Waals surface area contributed by atoms with Crippen molar-refractivity contribution in [2.45, 2.75) is 12.5 Å². The summed E-state index contributed by atoms with van der Waals surface area (Å²) < 4.78 is 5.66. The summed E-state index contributed by atoms with van der Waals surface area (Å²) in [6, 6.07) is 11.9. The number of rotatable bonds is 5. The molecular weight excluding hydrogens is 284 g/mol. The van der Waals surface area contributed by atoms with Crippen LogP contribution in [0.5, 0.6) is 0 Å². The van der Waals surface area contributed by atoms with Crippen LogP contribution in [-0.4, -0.2) is 31.2 Å². The molecule has 2 heterocycles. The molecule has 2 N–H and O–H groups in total. The Morgan fingerprint density at radius 1 is 1.33 bits per heavy atom. The van der Waals surface area contributed by atoms with E-state index in [4.69, 9.17) is 4.74 Å². The Morgan fingerprint density at radius 3 is 2.81 bits per heavy atom. The second-order valence-corrected chi connectivity index (χ2v) is 6.36. The minimum Gasteiger partial charge on any atom is -0.363 e. The summed E-state index contributed by atoms with van der Waals surface area (Å²) in [6.45, 7) is 3.69. The summed E-state index contributed by atoms with van der Waals surface area (Å²) in [5.41, 5.74) is 1.66. The van der Waals surface area contributed by atoms with Crippen molar-refractivity contribution in [2.75, 3.05) is 25.0 Å². The number of anilines is 1. The Balaban J connectivity index is 1.66. The summed E-state index contributed by atoms with van der Waals surface area (Å²) in [5.74, 6) is -0.118. The van der Waals surface area contributed by atoms with Gasteiger partial charge in [0.2, 0.25) is 5.91 Å². The molecule has 1 aliphatic rings. The number of thiophene rings is 1. The first-order chi connectivity index (χ1) is 10.2. The largest absolute Gasteiger partial charge is 0.363 e. The van der Waals surface area contributed by atoms with Gasteiger partial charge >= 0.3 is 0 Å². The van der Waals surface area contributed by atoms with Gasteiger partial charge < -0.3 is 15.4 Å². The Kier molecular flexibility index (Phi) is 4.05. The smallest absolute Gasteiger partial charge is 0.250 e. The first-order valence-corrected chi connectivity index (χ1v) is 7.82. The molecule has 1 aliphatic heterocycles. The molecule has 2 aromatic rings. The van der Waals surface area contributed by atoms with Crippen molar-refractivity contribution >= 4 is 22.9 Å². The van der Waals surface area contributed by atoms with Crippen LogP contribution in [0.15, 0.2) is 41.8 Å². The average molecular weight is 302 g/mol. The average Bonchev–Trinajstić information content (AvgIpc) is 2.98. The third kappa shape index (κ3) is 3.32. The van der Waals surface area contributed by atoms with E-state index in [0.717, 1.165) is 29.2 Å². The van der Waals surface area contributed by atoms with Crippen molar-refractivity contribution in [3.63, 3.8) is 0 Å². The van der Waals surface area contributed by atoms with Crippen LogP contribution >= 0.6 is 11.3 Å². The van der Waals surface area contributed by atoms with Gasteiger partial charge in [-0.3, -0.25) is 4.79 Å². The van der Waals surface area contributed by atoms with Crippen LogP contribution < -0.4 is 10.6 Å². The molecule has 0 spiro atoms. The van der Waals surface area contributed by atoms with E-state index in [0.29, 0.717) is 0 Å². The lowest BCUT2D eigenvalue weighted by atomic mass is 10.0. The fourth-order valence-electron chi connectivity index (χ4n) is 2.24. The van der Waals surface area contributed by atoms with Crippen LogP contribution in [0.3, 0.4) is 0 Å². The van der Waals surface area contributed by atoms with Gasteiger partial charge in [-0.1, -0.05) is 24.3 Å². The quantitative estimate of drug-likeness (QED) is 0.893. The monoisotopic (exact) mass is 302 g/mol. The predicted octanol–water partition coefficient (Wildman–Crippen LogP) is 2.73. The molecule has 0 radical (unpaired) electrons. The van der Waals surface area contributed by atoms with E-state index in [1.54, 1.807) is 11.3 Å². The van der Waals surface area contributed by atoms with Crippen molar-refractivity contribution in [2.24, 2.45) is 0 Å². The number of ether oxygens (including phenoxy) is 1. The summed E-state index contributed by atoms with van der Waals surface area (Å²) in [5, 5.41) is 8.12. The Labute approximate surface area is 128 Å². The standard InChI is InChI=1S/C16H18N2O2S/c1-16(10-17-11-16)20-9-15(19)18-13-6-3-2-5-12(13)14-7-4-8-21-14/h2-8,17H,9-11H2,1H3,(H,18,19). The Hall–Kier alpha value is -1.69. The lowest BCUT2D eigenvalue weighted by Gasteiger charge is -2.38. The van der Waals surface area contributed by atoms with Gasteiger partial charge in [0.15, 0.2) is 0 Å². The summed E-state index contributed by atoms with van der Waals surface area (Å²) in [7, 11) is 0. The van der Waals surface area contributed by atoms with Crippen molar-refractivity contribution in [3.05, 3.63) is 41.8 Å². The maximum absolute atomic E-state index is 12.1. The van der Waals surface area contributed by atoms with Crippen LogP contribution in [0, 0.1) is 0 Å². The number of hydrogen-bond donors (Lipinski definition) is 2. The molecule has 0 bridgehead atoms. The van der Waals surface area contributed by atoms with Crippen LogP contribution in [0.1, 0.15) is 6.92 Å². The molecule has 1 aromatic heterocycles. The highest BCUT2D eigenvalue weighted by atomic mass is 32.1. The van der Waals surface area contributed by atoms with E-state index in [2.05, 4.69) is 10.6 Å². The highest BCUT2D eigenvalue weighted by Gasteiger charge is 2.33. The molecule has 21 heavy (non-hydrogen) atoms. The lowest BCUT2D eigenvalue weighted by molar-refractivity contribution is -0.130. The van der Waals surface area contributed by atoms with Crippen molar-refractivity contribution in [1.82, 2.24) is 5.32 Å². The Bertz CT molecular complexity index is 621. The molecule has 1 amide bonds. The molecule has 0 saturated carbocycles. The first kappa shape index (κ1) is 14.3. The Morgan fingerprint density at radius 2 is 2.14 bits per heavy atom. The van der Waals surface area contributed by atoms with Crippen LogP contribution in [0.4, 0.5) is 5.69 Å². The zero-order valence-electron chi connectivity index (χ0n) is 11.9. The fourth-order valence-corrected chi connectivity index (χ4v) is 3.01. The molecular formula is C16H18N2O2S. The summed E-state index contributed by atoms with van der Waals surface area (Å²) in [4.78, 5) is 13.2. The number of nitrogens with one attached hydrogen (secondary N) is 2. The summed E-state index contributed by atoms with van der Waals surface area (Å²) >= 11 is 1.66. The second kappa shape index (κ2) is 5.97. The van der Waals surface area contributed by atoms with Gasteiger partial charge in [-0.15, -0.1) is 11.3 Å². The van der Waals surface area contributed by atoms with Crippen molar-refractivity contribution in [3.8, 4) is 10.4 Å².